The van der Waals surface area contributed by atoms with Crippen LogP contribution in [0.1, 0.15) is 12.8 Å². The van der Waals surface area contributed by atoms with Crippen molar-refractivity contribution in [3.8, 4) is 0 Å². The van der Waals surface area contributed by atoms with E-state index in [0.717, 1.165) is 12.8 Å². The highest BCUT2D eigenvalue weighted by molar-refractivity contribution is 14.1. The summed E-state index contributed by atoms with van der Waals surface area (Å²) in [5.74, 6) is 0. The predicted molar refractivity (Wildman–Crippen MR) is 51.3 cm³/mol. The highest BCUT2D eigenvalue weighted by Crippen LogP contribution is 2.16. The maximum atomic E-state index is 8.74. The molecule has 1 rings (SSSR count). The Morgan fingerprint density at radius 3 is 3.00 bits per heavy atom. The van der Waals surface area contributed by atoms with Crippen LogP contribution in [0.3, 0.4) is 0 Å². The van der Waals surface area contributed by atoms with E-state index in [-0.39, 0.29) is 18.9 Å². The average Bonchev–Trinajstić information content (AvgIpc) is 2.48. The molecule has 1 aliphatic heterocycles. The van der Waals surface area contributed by atoms with E-state index in [1.807, 2.05) is 10.3 Å². The minimum atomic E-state index is 0.0371. The van der Waals surface area contributed by atoms with Crippen LogP contribution in [0.5, 0.6) is 0 Å². The fraction of sp³-hybridized carbons (Fsp3) is 0.714. The maximum absolute atomic E-state index is 8.74. The number of hydrogen-bond donors (Lipinski definition) is 2. The fourth-order valence-electron chi connectivity index (χ4n) is 1.11. The molecule has 0 aromatic heterocycles. The molecule has 2 atom stereocenters. The minimum absolute atomic E-state index is 0.0371. The molecule has 4 heteroatoms. The Labute approximate surface area is 80.0 Å². The summed E-state index contributed by atoms with van der Waals surface area (Å²) >= 11 is 2.14. The lowest BCUT2D eigenvalue weighted by Crippen LogP contribution is -2.25. The van der Waals surface area contributed by atoms with Gasteiger partial charge in [0.05, 0.1) is 12.7 Å². The summed E-state index contributed by atoms with van der Waals surface area (Å²) in [6.07, 6.45) is 3.91. The van der Waals surface area contributed by atoms with Crippen molar-refractivity contribution in [1.82, 2.24) is 5.32 Å². The topological polar surface area (TPSA) is 41.5 Å². The Morgan fingerprint density at radius 2 is 2.45 bits per heavy atom. The summed E-state index contributed by atoms with van der Waals surface area (Å²) in [6, 6.07) is 0. The van der Waals surface area contributed by atoms with Crippen LogP contribution in [-0.4, -0.2) is 24.0 Å². The van der Waals surface area contributed by atoms with E-state index >= 15 is 0 Å². The van der Waals surface area contributed by atoms with E-state index in [9.17, 15) is 0 Å². The van der Waals surface area contributed by atoms with Gasteiger partial charge in [0.15, 0.2) is 0 Å². The smallest absolute Gasteiger partial charge is 0.127 e. The first-order chi connectivity index (χ1) is 5.36. The predicted octanol–water partition coefficient (Wildman–Crippen LogP) is 0.980. The number of aliphatic hydroxyl groups excluding tert-OH is 1. The van der Waals surface area contributed by atoms with Crippen molar-refractivity contribution in [2.45, 2.75) is 25.2 Å². The van der Waals surface area contributed by atoms with Gasteiger partial charge in [-0.3, -0.25) is 0 Å². The van der Waals surface area contributed by atoms with Gasteiger partial charge in [0.1, 0.15) is 6.23 Å². The first kappa shape index (κ1) is 9.28. The number of ether oxygens (including phenoxy) is 1. The second-order valence-corrected chi connectivity index (χ2v) is 3.19. The van der Waals surface area contributed by atoms with Crippen molar-refractivity contribution in [3.63, 3.8) is 0 Å². The lowest BCUT2D eigenvalue weighted by molar-refractivity contribution is 0.00322. The van der Waals surface area contributed by atoms with E-state index in [2.05, 4.69) is 27.9 Å². The van der Waals surface area contributed by atoms with Gasteiger partial charge in [-0.25, -0.2) is 0 Å². The van der Waals surface area contributed by atoms with Gasteiger partial charge in [0, 0.05) is 6.20 Å². The third-order valence-corrected chi connectivity index (χ3v) is 2.02. The summed E-state index contributed by atoms with van der Waals surface area (Å²) in [5, 5.41) is 11.8. The van der Waals surface area contributed by atoms with Gasteiger partial charge in [-0.15, -0.1) is 0 Å². The van der Waals surface area contributed by atoms with Crippen molar-refractivity contribution in [3.05, 3.63) is 10.3 Å². The molecule has 0 amide bonds. The Balaban J connectivity index is 2.19. The molecular weight excluding hydrogens is 257 g/mol. The number of nitrogens with one attached hydrogen (secondary N) is 1. The maximum Gasteiger partial charge on any atom is 0.127 e. The molecule has 1 heterocycles. The summed E-state index contributed by atoms with van der Waals surface area (Å²) < 4.78 is 7.29. The molecule has 0 saturated carbocycles. The van der Waals surface area contributed by atoms with Crippen molar-refractivity contribution in [2.75, 3.05) is 6.61 Å². The van der Waals surface area contributed by atoms with Crippen LogP contribution in [0.4, 0.5) is 0 Å². The van der Waals surface area contributed by atoms with Crippen molar-refractivity contribution >= 4 is 22.6 Å². The molecule has 0 aromatic carbocycles. The number of rotatable bonds is 3. The van der Waals surface area contributed by atoms with Crippen molar-refractivity contribution in [2.24, 2.45) is 0 Å². The number of aliphatic hydroxyl groups is 1. The van der Waals surface area contributed by atoms with Gasteiger partial charge >= 0.3 is 0 Å². The van der Waals surface area contributed by atoms with Gasteiger partial charge in [-0.2, -0.15) is 0 Å². The summed E-state index contributed by atoms with van der Waals surface area (Å²) in [4.78, 5) is 0. The molecule has 1 aliphatic rings. The summed E-state index contributed by atoms with van der Waals surface area (Å²) in [6.45, 7) is 0.131. The van der Waals surface area contributed by atoms with Gasteiger partial charge < -0.3 is 15.2 Å². The molecule has 0 spiro atoms. The summed E-state index contributed by atoms with van der Waals surface area (Å²) in [7, 11) is 0. The lowest BCUT2D eigenvalue weighted by atomic mass is 10.2. The quantitative estimate of drug-likeness (QED) is 0.750. The van der Waals surface area contributed by atoms with Crippen LogP contribution in [0, 0.1) is 0 Å². The Bertz CT molecular complexity index is 140. The fourth-order valence-corrected chi connectivity index (χ4v) is 1.31. The van der Waals surface area contributed by atoms with E-state index in [1.54, 1.807) is 0 Å². The third-order valence-electron chi connectivity index (χ3n) is 1.66. The minimum Gasteiger partial charge on any atom is -0.394 e. The normalized spacial score (nSPS) is 31.5. The highest BCUT2D eigenvalue weighted by atomic mass is 127. The molecule has 1 saturated heterocycles. The highest BCUT2D eigenvalue weighted by Gasteiger charge is 2.22. The monoisotopic (exact) mass is 269 g/mol. The van der Waals surface area contributed by atoms with Crippen molar-refractivity contribution < 1.29 is 9.84 Å². The van der Waals surface area contributed by atoms with E-state index < -0.39 is 0 Å². The molecule has 11 heavy (non-hydrogen) atoms. The SMILES string of the molecule is OC[C@@H]1CC[C@H](N/C=C/I)O1. The van der Waals surface area contributed by atoms with Crippen LogP contribution in [0.15, 0.2) is 10.3 Å². The van der Waals surface area contributed by atoms with Gasteiger partial charge in [0.25, 0.3) is 0 Å². The molecule has 0 bridgehead atoms. The molecule has 0 unspecified atom stereocenters. The van der Waals surface area contributed by atoms with Gasteiger partial charge in [0.2, 0.25) is 0 Å². The van der Waals surface area contributed by atoms with Crippen LogP contribution in [0.2, 0.25) is 0 Å². The van der Waals surface area contributed by atoms with Gasteiger partial charge in [-0.05, 0) is 16.9 Å². The van der Waals surface area contributed by atoms with E-state index in [1.165, 1.54) is 0 Å². The number of hydrogen-bond acceptors (Lipinski definition) is 3. The standard InChI is InChI=1S/C7H12INO2/c8-3-4-9-7-2-1-6(5-10)11-7/h3-4,6-7,9-10H,1-2,5H2/b4-3+/t6-,7+/m0/s1. The van der Waals surface area contributed by atoms with Crippen molar-refractivity contribution in [1.29, 1.82) is 0 Å². The molecule has 0 aromatic rings. The van der Waals surface area contributed by atoms with E-state index in [4.69, 9.17) is 9.84 Å². The molecule has 1 fully saturated rings. The Hall–Kier alpha value is 0.190. The van der Waals surface area contributed by atoms with Crippen LogP contribution in [0.25, 0.3) is 0 Å². The van der Waals surface area contributed by atoms with E-state index in [0.29, 0.717) is 0 Å². The molecular formula is C7H12INO2. The molecule has 64 valence electrons. The Morgan fingerprint density at radius 1 is 1.64 bits per heavy atom. The number of halogens is 1. The molecule has 0 aliphatic carbocycles. The zero-order valence-corrected chi connectivity index (χ0v) is 8.32. The first-order valence-electron chi connectivity index (χ1n) is 3.64. The molecule has 2 N–H and O–H groups in total. The van der Waals surface area contributed by atoms with Crippen LogP contribution in [-0.2, 0) is 4.74 Å². The largest absolute Gasteiger partial charge is 0.394 e. The zero-order valence-electron chi connectivity index (χ0n) is 6.16. The molecule has 3 nitrogen and oxygen atoms in total. The zero-order chi connectivity index (χ0) is 8.10. The second kappa shape index (κ2) is 4.95. The van der Waals surface area contributed by atoms with Gasteiger partial charge in [-0.1, -0.05) is 22.6 Å². The van der Waals surface area contributed by atoms with Crippen LogP contribution >= 0.6 is 22.6 Å². The first-order valence-corrected chi connectivity index (χ1v) is 4.89. The summed E-state index contributed by atoms with van der Waals surface area (Å²) in [5.41, 5.74) is 0. The lowest BCUT2D eigenvalue weighted by Gasteiger charge is -2.11. The second-order valence-electron chi connectivity index (χ2n) is 2.47. The average molecular weight is 269 g/mol. The van der Waals surface area contributed by atoms with Crippen LogP contribution < -0.4 is 5.32 Å². The Kier molecular flexibility index (Phi) is 4.17. The molecule has 0 radical (unpaired) electrons. The third kappa shape index (κ3) is 2.96.